The van der Waals surface area contributed by atoms with Crippen molar-refractivity contribution in [3.8, 4) is 11.5 Å². The number of benzene rings is 2. The average Bonchev–Trinajstić information content (AvgIpc) is 2.62. The minimum absolute atomic E-state index is 0.348. The van der Waals surface area contributed by atoms with E-state index in [1.54, 1.807) is 30.3 Å². The topological polar surface area (TPSA) is 76.7 Å². The number of carbonyl (C=O) groups is 2. The van der Waals surface area contributed by atoms with Crippen molar-refractivity contribution in [1.82, 2.24) is 10.9 Å². The first kappa shape index (κ1) is 18.3. The van der Waals surface area contributed by atoms with Crippen LogP contribution in [0.25, 0.3) is 0 Å². The van der Waals surface area contributed by atoms with Crippen molar-refractivity contribution in [3.63, 3.8) is 0 Å². The van der Waals surface area contributed by atoms with Crippen LogP contribution in [-0.2, 0) is 0 Å². The van der Waals surface area contributed by atoms with Crippen molar-refractivity contribution in [2.45, 2.75) is 20.8 Å². The van der Waals surface area contributed by atoms with Gasteiger partial charge in [0, 0.05) is 11.1 Å². The second-order valence-corrected chi connectivity index (χ2v) is 5.51. The molecule has 2 N–H and O–H groups in total. The van der Waals surface area contributed by atoms with Gasteiger partial charge in [-0.3, -0.25) is 20.4 Å². The summed E-state index contributed by atoms with van der Waals surface area (Å²) < 4.78 is 10.6. The number of hydrogen-bond acceptors (Lipinski definition) is 4. The van der Waals surface area contributed by atoms with Gasteiger partial charge in [-0.2, -0.15) is 0 Å². The molecule has 0 radical (unpaired) electrons. The highest BCUT2D eigenvalue weighted by atomic mass is 16.5. The van der Waals surface area contributed by atoms with Gasteiger partial charge in [-0.1, -0.05) is 6.07 Å². The number of amides is 2. The van der Waals surface area contributed by atoms with Gasteiger partial charge in [0.15, 0.2) is 11.5 Å². The number of methoxy groups -OCH3 is 1. The maximum absolute atomic E-state index is 12.2. The van der Waals surface area contributed by atoms with E-state index in [0.29, 0.717) is 29.2 Å². The van der Waals surface area contributed by atoms with Crippen LogP contribution >= 0.6 is 0 Å². The van der Waals surface area contributed by atoms with E-state index in [1.165, 1.54) is 7.11 Å². The zero-order valence-corrected chi connectivity index (χ0v) is 14.8. The van der Waals surface area contributed by atoms with Gasteiger partial charge in [-0.15, -0.1) is 0 Å². The molecule has 0 unspecified atom stereocenters. The van der Waals surface area contributed by atoms with Crippen LogP contribution in [0.4, 0.5) is 0 Å². The highest BCUT2D eigenvalue weighted by Gasteiger charge is 2.13. The zero-order valence-electron chi connectivity index (χ0n) is 14.8. The Kier molecular flexibility index (Phi) is 6.00. The minimum atomic E-state index is -0.446. The summed E-state index contributed by atoms with van der Waals surface area (Å²) in [7, 11) is 1.50. The number of nitrogens with one attached hydrogen (secondary N) is 2. The quantitative estimate of drug-likeness (QED) is 0.819. The van der Waals surface area contributed by atoms with E-state index < -0.39 is 5.91 Å². The summed E-state index contributed by atoms with van der Waals surface area (Å²) in [5, 5.41) is 0. The molecule has 0 saturated carbocycles. The monoisotopic (exact) mass is 342 g/mol. The Morgan fingerprint density at radius 2 is 1.48 bits per heavy atom. The molecule has 0 aliphatic carbocycles. The van der Waals surface area contributed by atoms with Crippen molar-refractivity contribution in [3.05, 3.63) is 58.7 Å². The molecule has 0 aliphatic rings. The van der Waals surface area contributed by atoms with E-state index in [-0.39, 0.29) is 5.91 Å². The molecule has 132 valence electrons. The molecule has 0 saturated heterocycles. The van der Waals surface area contributed by atoms with Gasteiger partial charge >= 0.3 is 0 Å². The Morgan fingerprint density at radius 3 is 2.04 bits per heavy atom. The fraction of sp³-hybridized carbons (Fsp3) is 0.263. The Balaban J connectivity index is 2.04. The Morgan fingerprint density at radius 1 is 0.880 bits per heavy atom. The number of hydrogen-bond donors (Lipinski definition) is 2. The Bertz CT molecular complexity index is 787. The standard InChI is InChI=1S/C19H22N2O4/c1-5-25-16-9-8-15(11-17(16)24-4)19(23)21-20-18(22)14-7-6-12(2)13(3)10-14/h6-11H,5H2,1-4H3,(H,20,22)(H,21,23). The largest absolute Gasteiger partial charge is 0.493 e. The van der Waals surface area contributed by atoms with E-state index in [0.717, 1.165) is 11.1 Å². The predicted molar refractivity (Wildman–Crippen MR) is 95.0 cm³/mol. The molecule has 2 amide bonds. The van der Waals surface area contributed by atoms with Gasteiger partial charge in [0.2, 0.25) is 0 Å². The average molecular weight is 342 g/mol. The summed E-state index contributed by atoms with van der Waals surface area (Å²) in [5.74, 6) is 0.184. The highest BCUT2D eigenvalue weighted by Crippen LogP contribution is 2.27. The summed E-state index contributed by atoms with van der Waals surface area (Å²) in [6.45, 7) is 6.26. The zero-order chi connectivity index (χ0) is 18.4. The smallest absolute Gasteiger partial charge is 0.269 e. The summed E-state index contributed by atoms with van der Waals surface area (Å²) in [5.41, 5.74) is 7.75. The fourth-order valence-electron chi connectivity index (χ4n) is 2.22. The van der Waals surface area contributed by atoms with Gasteiger partial charge in [0.05, 0.1) is 13.7 Å². The number of rotatable bonds is 5. The molecule has 0 fully saturated rings. The molecule has 6 nitrogen and oxygen atoms in total. The van der Waals surface area contributed by atoms with Crippen LogP contribution < -0.4 is 20.3 Å². The molecule has 6 heteroatoms. The highest BCUT2D eigenvalue weighted by molar-refractivity contribution is 5.99. The molecule has 0 aliphatic heterocycles. The second kappa shape index (κ2) is 8.19. The van der Waals surface area contributed by atoms with Crippen molar-refractivity contribution < 1.29 is 19.1 Å². The van der Waals surface area contributed by atoms with Crippen LogP contribution in [0, 0.1) is 13.8 Å². The minimum Gasteiger partial charge on any atom is -0.493 e. The second-order valence-electron chi connectivity index (χ2n) is 5.51. The third kappa shape index (κ3) is 4.50. The third-order valence-electron chi connectivity index (χ3n) is 3.78. The van der Waals surface area contributed by atoms with Crippen LogP contribution in [0.5, 0.6) is 11.5 Å². The lowest BCUT2D eigenvalue weighted by atomic mass is 10.1. The third-order valence-corrected chi connectivity index (χ3v) is 3.78. The molecule has 2 aromatic rings. The van der Waals surface area contributed by atoms with Crippen LogP contribution in [-0.4, -0.2) is 25.5 Å². The van der Waals surface area contributed by atoms with Crippen molar-refractivity contribution >= 4 is 11.8 Å². The SMILES string of the molecule is CCOc1ccc(C(=O)NNC(=O)c2ccc(C)c(C)c2)cc1OC. The molecule has 0 atom stereocenters. The lowest BCUT2D eigenvalue weighted by Gasteiger charge is -2.12. The number of hydrazine groups is 1. The Hall–Kier alpha value is -3.02. The van der Waals surface area contributed by atoms with Crippen LogP contribution in [0.15, 0.2) is 36.4 Å². The van der Waals surface area contributed by atoms with Gasteiger partial charge in [0.25, 0.3) is 11.8 Å². The molecule has 0 aromatic heterocycles. The molecule has 2 rings (SSSR count). The van der Waals surface area contributed by atoms with Crippen molar-refractivity contribution in [2.75, 3.05) is 13.7 Å². The van der Waals surface area contributed by atoms with Gasteiger partial charge in [-0.05, 0) is 62.2 Å². The maximum Gasteiger partial charge on any atom is 0.269 e. The lowest BCUT2D eigenvalue weighted by Crippen LogP contribution is -2.41. The van der Waals surface area contributed by atoms with Crippen LogP contribution in [0.3, 0.4) is 0 Å². The van der Waals surface area contributed by atoms with Gasteiger partial charge < -0.3 is 9.47 Å². The first-order valence-corrected chi connectivity index (χ1v) is 7.95. The molecular weight excluding hydrogens is 320 g/mol. The summed E-state index contributed by atoms with van der Waals surface area (Å²) in [4.78, 5) is 24.4. The lowest BCUT2D eigenvalue weighted by molar-refractivity contribution is 0.0846. The maximum atomic E-state index is 12.2. The number of carbonyl (C=O) groups excluding carboxylic acids is 2. The predicted octanol–water partition coefficient (Wildman–Crippen LogP) is 2.79. The van der Waals surface area contributed by atoms with E-state index in [2.05, 4.69) is 10.9 Å². The van der Waals surface area contributed by atoms with Gasteiger partial charge in [-0.25, -0.2) is 0 Å². The van der Waals surface area contributed by atoms with E-state index >= 15 is 0 Å². The fourth-order valence-corrected chi connectivity index (χ4v) is 2.22. The summed E-state index contributed by atoms with van der Waals surface area (Å²) in [6.07, 6.45) is 0. The Labute approximate surface area is 147 Å². The van der Waals surface area contributed by atoms with E-state index in [9.17, 15) is 9.59 Å². The van der Waals surface area contributed by atoms with Crippen LogP contribution in [0.2, 0.25) is 0 Å². The first-order chi connectivity index (χ1) is 12.0. The number of ether oxygens (including phenoxy) is 2. The number of aryl methyl sites for hydroxylation is 2. The molecule has 25 heavy (non-hydrogen) atoms. The van der Waals surface area contributed by atoms with E-state index in [1.807, 2.05) is 26.8 Å². The molecule has 0 heterocycles. The van der Waals surface area contributed by atoms with E-state index in [4.69, 9.17) is 9.47 Å². The van der Waals surface area contributed by atoms with Gasteiger partial charge in [0.1, 0.15) is 0 Å². The van der Waals surface area contributed by atoms with Crippen molar-refractivity contribution in [2.24, 2.45) is 0 Å². The summed E-state index contributed by atoms with van der Waals surface area (Å²) in [6, 6.07) is 10.2. The summed E-state index contributed by atoms with van der Waals surface area (Å²) >= 11 is 0. The van der Waals surface area contributed by atoms with Crippen molar-refractivity contribution in [1.29, 1.82) is 0 Å². The normalized spacial score (nSPS) is 10.1. The van der Waals surface area contributed by atoms with Crippen LogP contribution in [0.1, 0.15) is 38.8 Å². The first-order valence-electron chi connectivity index (χ1n) is 7.95. The molecular formula is C19H22N2O4. The molecule has 2 aromatic carbocycles. The molecule has 0 spiro atoms. The molecule has 0 bridgehead atoms.